The lowest BCUT2D eigenvalue weighted by atomic mass is 9.65. The Bertz CT molecular complexity index is 1960. The van der Waals surface area contributed by atoms with Gasteiger partial charge in [0.1, 0.15) is 11.9 Å². The molecule has 1 aliphatic heterocycles. The minimum absolute atomic E-state index is 0.194. The van der Waals surface area contributed by atoms with E-state index in [1.54, 1.807) is 12.3 Å². The summed E-state index contributed by atoms with van der Waals surface area (Å²) in [5.74, 6) is -0.317. The van der Waals surface area contributed by atoms with Crippen molar-refractivity contribution in [3.63, 3.8) is 0 Å². The normalized spacial score (nSPS) is 16.3. The van der Waals surface area contributed by atoms with Crippen LogP contribution in [0, 0.1) is 0 Å². The Morgan fingerprint density at radius 2 is 1.34 bits per heavy atom. The van der Waals surface area contributed by atoms with E-state index in [2.05, 4.69) is 99.5 Å². The standard InChI is InChI=1S/C40H41N5O4S/c1-39(2)38(36(47)28-46)45(29-44(39)27-30-24-25-41-37(26-30)42-50(48,49)43(3)4)35-22-20-34(21-23-35)40(31-14-8-5-9-15-31,32-16-10-6-11-17-32)33-18-12-7-13-19-33/h5-26,28,38H,27,29H2,1-4H3,(H,41,42). The van der Waals surface area contributed by atoms with E-state index in [0.717, 1.165) is 37.8 Å². The van der Waals surface area contributed by atoms with Crippen molar-refractivity contribution in [1.29, 1.82) is 0 Å². The van der Waals surface area contributed by atoms with Crippen LogP contribution in [0.3, 0.4) is 0 Å². The predicted octanol–water partition coefficient (Wildman–Crippen LogP) is 5.88. The maximum absolute atomic E-state index is 13.3. The van der Waals surface area contributed by atoms with Crippen molar-refractivity contribution in [2.75, 3.05) is 30.4 Å². The Kier molecular flexibility index (Phi) is 9.71. The van der Waals surface area contributed by atoms with Crippen molar-refractivity contribution >= 4 is 33.8 Å². The van der Waals surface area contributed by atoms with E-state index in [0.29, 0.717) is 19.5 Å². The lowest BCUT2D eigenvalue weighted by Gasteiger charge is -2.37. The maximum Gasteiger partial charge on any atom is 0.302 e. The molecule has 4 aromatic carbocycles. The quantitative estimate of drug-likeness (QED) is 0.0994. The molecule has 0 spiro atoms. The third-order valence-corrected chi connectivity index (χ3v) is 11.1. The summed E-state index contributed by atoms with van der Waals surface area (Å²) in [4.78, 5) is 33.7. The van der Waals surface area contributed by atoms with Gasteiger partial charge in [-0.15, -0.1) is 0 Å². The summed E-state index contributed by atoms with van der Waals surface area (Å²) in [6, 6.07) is 42.4. The van der Waals surface area contributed by atoms with Crippen molar-refractivity contribution < 1.29 is 18.0 Å². The Morgan fingerprint density at radius 1 is 0.840 bits per heavy atom. The van der Waals surface area contributed by atoms with Gasteiger partial charge in [0.2, 0.25) is 5.78 Å². The van der Waals surface area contributed by atoms with Gasteiger partial charge in [-0.1, -0.05) is 103 Å². The maximum atomic E-state index is 13.3. The number of nitrogens with one attached hydrogen (secondary N) is 1. The number of benzene rings is 4. The molecule has 5 aromatic rings. The molecule has 1 aromatic heterocycles. The SMILES string of the molecule is CN(C)S(=O)(=O)Nc1cc(CN2CN(c3ccc(C(c4ccccc4)(c4ccccc4)c4ccccc4)cc3)C(C(=O)C=O)C2(C)C)ccn1. The van der Waals surface area contributed by atoms with Crippen molar-refractivity contribution in [3.8, 4) is 0 Å². The number of hydrogen-bond donors (Lipinski definition) is 1. The average Bonchev–Trinajstić information content (AvgIpc) is 3.39. The van der Waals surface area contributed by atoms with Gasteiger partial charge in [-0.05, 0) is 65.9 Å². The predicted molar refractivity (Wildman–Crippen MR) is 197 cm³/mol. The van der Waals surface area contributed by atoms with Gasteiger partial charge < -0.3 is 4.90 Å². The first-order valence-electron chi connectivity index (χ1n) is 16.4. The number of carbonyl (C=O) groups is 2. The summed E-state index contributed by atoms with van der Waals surface area (Å²) >= 11 is 0. The Labute approximate surface area is 294 Å². The van der Waals surface area contributed by atoms with Crippen LogP contribution in [-0.2, 0) is 31.8 Å². The molecule has 6 rings (SSSR count). The molecule has 1 atom stereocenters. The molecular weight excluding hydrogens is 647 g/mol. The van der Waals surface area contributed by atoms with Crippen LogP contribution in [0.1, 0.15) is 41.7 Å². The average molecular weight is 688 g/mol. The molecule has 0 aliphatic carbocycles. The fourth-order valence-corrected chi connectivity index (χ4v) is 7.65. The summed E-state index contributed by atoms with van der Waals surface area (Å²) in [5, 5.41) is 0. The molecule has 0 radical (unpaired) electrons. The van der Waals surface area contributed by atoms with Crippen LogP contribution in [0.4, 0.5) is 11.5 Å². The summed E-state index contributed by atoms with van der Waals surface area (Å²) in [6.07, 6.45) is 1.96. The van der Waals surface area contributed by atoms with Crippen molar-refractivity contribution in [3.05, 3.63) is 161 Å². The number of anilines is 2. The summed E-state index contributed by atoms with van der Waals surface area (Å²) in [6.45, 7) is 4.66. The van der Waals surface area contributed by atoms with Gasteiger partial charge >= 0.3 is 10.2 Å². The van der Waals surface area contributed by atoms with Gasteiger partial charge in [0.15, 0.2) is 6.29 Å². The molecular formula is C40H41N5O4S. The number of aromatic nitrogens is 1. The van der Waals surface area contributed by atoms with E-state index in [9.17, 15) is 18.0 Å². The van der Waals surface area contributed by atoms with Gasteiger partial charge in [0, 0.05) is 38.1 Å². The number of pyridine rings is 1. The Morgan fingerprint density at radius 3 is 1.82 bits per heavy atom. The second kappa shape index (κ2) is 14.0. The lowest BCUT2D eigenvalue weighted by Crippen LogP contribution is -2.51. The van der Waals surface area contributed by atoms with E-state index in [-0.39, 0.29) is 5.82 Å². The van der Waals surface area contributed by atoms with Gasteiger partial charge in [-0.25, -0.2) is 4.98 Å². The highest BCUT2D eigenvalue weighted by Crippen LogP contribution is 2.46. The zero-order chi connectivity index (χ0) is 35.5. The summed E-state index contributed by atoms with van der Waals surface area (Å²) in [7, 11) is -0.859. The van der Waals surface area contributed by atoms with Crippen LogP contribution in [0.2, 0.25) is 0 Å². The molecule has 1 aliphatic rings. The third-order valence-electron chi connectivity index (χ3n) is 9.67. The highest BCUT2D eigenvalue weighted by molar-refractivity contribution is 7.90. The zero-order valence-corrected chi connectivity index (χ0v) is 29.4. The lowest BCUT2D eigenvalue weighted by molar-refractivity contribution is -0.131. The minimum atomic E-state index is -3.74. The number of carbonyl (C=O) groups excluding carboxylic acids is 2. The molecule has 10 heteroatoms. The van der Waals surface area contributed by atoms with Crippen LogP contribution in [0.25, 0.3) is 0 Å². The van der Waals surface area contributed by atoms with E-state index >= 15 is 0 Å². The van der Waals surface area contributed by atoms with Gasteiger partial charge in [-0.3, -0.25) is 19.2 Å². The fraction of sp³-hybridized carbons (Fsp3) is 0.225. The second-order valence-electron chi connectivity index (χ2n) is 13.2. The van der Waals surface area contributed by atoms with E-state index in [1.807, 2.05) is 55.1 Å². The molecule has 1 fully saturated rings. The summed E-state index contributed by atoms with van der Waals surface area (Å²) in [5.41, 5.74) is 4.67. The number of aldehydes is 1. The number of nitrogens with zero attached hydrogens (tertiary/aromatic N) is 4. The monoisotopic (exact) mass is 687 g/mol. The van der Waals surface area contributed by atoms with Crippen LogP contribution in [-0.4, -0.2) is 67.0 Å². The minimum Gasteiger partial charge on any atom is -0.346 e. The van der Waals surface area contributed by atoms with Gasteiger partial charge in [0.25, 0.3) is 0 Å². The van der Waals surface area contributed by atoms with Crippen LogP contribution < -0.4 is 9.62 Å². The molecule has 0 amide bonds. The van der Waals surface area contributed by atoms with Crippen molar-refractivity contribution in [2.24, 2.45) is 0 Å². The highest BCUT2D eigenvalue weighted by atomic mass is 32.2. The number of ketones is 1. The zero-order valence-electron chi connectivity index (χ0n) is 28.6. The van der Waals surface area contributed by atoms with E-state index < -0.39 is 33.0 Å². The number of Topliss-reactive ketones (excluding diaryl/α,β-unsaturated/α-hetero) is 1. The first-order chi connectivity index (χ1) is 24.0. The number of rotatable bonds is 12. The van der Waals surface area contributed by atoms with Crippen LogP contribution in [0.5, 0.6) is 0 Å². The Hall–Kier alpha value is -5.16. The first-order valence-corrected chi connectivity index (χ1v) is 17.9. The molecule has 0 saturated carbocycles. The first kappa shape index (κ1) is 34.7. The van der Waals surface area contributed by atoms with Gasteiger partial charge in [-0.2, -0.15) is 12.7 Å². The van der Waals surface area contributed by atoms with Crippen LogP contribution in [0.15, 0.2) is 134 Å². The third kappa shape index (κ3) is 6.45. The summed E-state index contributed by atoms with van der Waals surface area (Å²) < 4.78 is 28.4. The van der Waals surface area contributed by atoms with E-state index in [4.69, 9.17) is 0 Å². The van der Waals surface area contributed by atoms with Gasteiger partial charge in [0.05, 0.1) is 12.1 Å². The number of hydrogen-bond acceptors (Lipinski definition) is 7. The molecule has 1 N–H and O–H groups in total. The van der Waals surface area contributed by atoms with E-state index in [1.165, 1.54) is 14.1 Å². The molecule has 1 unspecified atom stereocenters. The smallest absolute Gasteiger partial charge is 0.302 e. The van der Waals surface area contributed by atoms with Crippen molar-refractivity contribution in [2.45, 2.75) is 37.4 Å². The largest absolute Gasteiger partial charge is 0.346 e. The Balaban J connectivity index is 1.39. The molecule has 9 nitrogen and oxygen atoms in total. The van der Waals surface area contributed by atoms with Crippen LogP contribution >= 0.6 is 0 Å². The molecule has 50 heavy (non-hydrogen) atoms. The molecule has 256 valence electrons. The molecule has 2 heterocycles. The second-order valence-corrected chi connectivity index (χ2v) is 15.1. The topological polar surface area (TPSA) is 103 Å². The fourth-order valence-electron chi connectivity index (χ4n) is 7.09. The molecule has 0 bridgehead atoms. The van der Waals surface area contributed by atoms with Crippen molar-refractivity contribution in [1.82, 2.24) is 14.2 Å². The molecule has 1 saturated heterocycles. The highest BCUT2D eigenvalue weighted by Gasteiger charge is 2.50.